The van der Waals surface area contributed by atoms with Crippen LogP contribution in [0.3, 0.4) is 0 Å². The molecule has 0 aromatic heterocycles. The Kier molecular flexibility index (Phi) is 6.78. The Morgan fingerprint density at radius 1 is 1.21 bits per heavy atom. The van der Waals surface area contributed by atoms with Gasteiger partial charge in [0.1, 0.15) is 0 Å². The minimum absolute atomic E-state index is 0.0375. The van der Waals surface area contributed by atoms with E-state index in [1.807, 2.05) is 17.9 Å². The van der Waals surface area contributed by atoms with Crippen molar-refractivity contribution in [2.24, 2.45) is 5.92 Å². The molecule has 2 saturated heterocycles. The molecule has 0 aliphatic carbocycles. The first-order valence-corrected chi connectivity index (χ1v) is 10.5. The second-order valence-electron chi connectivity index (χ2n) is 8.76. The number of carbonyl (C=O) groups is 1. The van der Waals surface area contributed by atoms with Gasteiger partial charge in [-0.1, -0.05) is 30.4 Å². The molecule has 0 unspecified atom stereocenters. The van der Waals surface area contributed by atoms with E-state index in [4.69, 9.17) is 4.74 Å². The maximum absolute atomic E-state index is 12.9. The molecule has 1 aromatic carbocycles. The van der Waals surface area contributed by atoms with Crippen molar-refractivity contribution in [3.05, 3.63) is 42.0 Å². The van der Waals surface area contributed by atoms with Gasteiger partial charge >= 0.3 is 6.03 Å². The number of rotatable bonds is 5. The Labute approximate surface area is 169 Å². The molecule has 0 bridgehead atoms. The van der Waals surface area contributed by atoms with Crippen LogP contribution in [-0.4, -0.2) is 61.8 Å². The minimum Gasteiger partial charge on any atom is -0.379 e. The Hall–Kier alpha value is -1.85. The number of allylic oxidation sites excluding steroid dienone is 1. The molecule has 2 aliphatic heterocycles. The summed E-state index contributed by atoms with van der Waals surface area (Å²) in [5, 5.41) is 3.24. The molecule has 2 aliphatic rings. The summed E-state index contributed by atoms with van der Waals surface area (Å²) in [7, 11) is 0. The number of carbonyl (C=O) groups excluding carboxylic acids is 1. The fraction of sp³-hybridized carbons (Fsp3) is 0.609. The molecule has 154 valence electrons. The van der Waals surface area contributed by atoms with Crippen LogP contribution in [0.4, 0.5) is 4.79 Å². The molecule has 28 heavy (non-hydrogen) atoms. The predicted molar refractivity (Wildman–Crippen MR) is 114 cm³/mol. The number of piperidine rings is 1. The van der Waals surface area contributed by atoms with Gasteiger partial charge in [-0.05, 0) is 56.7 Å². The first kappa shape index (κ1) is 20.9. The molecule has 5 heteroatoms. The molecular formula is C23H35N3O2. The number of hydrogen-bond acceptors (Lipinski definition) is 3. The van der Waals surface area contributed by atoms with Crippen molar-refractivity contribution in [3.63, 3.8) is 0 Å². The molecule has 5 nitrogen and oxygen atoms in total. The lowest BCUT2D eigenvalue weighted by molar-refractivity contribution is 0.0257. The largest absolute Gasteiger partial charge is 0.379 e. The molecule has 0 atom stereocenters. The number of urea groups is 1. The van der Waals surface area contributed by atoms with Crippen LogP contribution in [0.1, 0.15) is 44.7 Å². The summed E-state index contributed by atoms with van der Waals surface area (Å²) in [5.41, 5.74) is 2.83. The van der Waals surface area contributed by atoms with Crippen LogP contribution in [0.15, 0.2) is 30.8 Å². The summed E-state index contributed by atoms with van der Waals surface area (Å²) < 4.78 is 5.43. The molecule has 2 fully saturated rings. The van der Waals surface area contributed by atoms with E-state index in [1.165, 1.54) is 0 Å². The number of ether oxygens (including phenoxy) is 1. The SMILES string of the molecule is C=C(C)c1cccc(C(C)(C)NC(=O)N2CCC(CN3CCOCC3)CC2)c1. The molecule has 2 heterocycles. The van der Waals surface area contributed by atoms with Crippen molar-refractivity contribution in [2.45, 2.75) is 39.2 Å². The number of morpholine rings is 1. The van der Waals surface area contributed by atoms with Gasteiger partial charge in [0, 0.05) is 32.7 Å². The van der Waals surface area contributed by atoms with Crippen molar-refractivity contribution in [3.8, 4) is 0 Å². The highest BCUT2D eigenvalue weighted by molar-refractivity contribution is 5.75. The van der Waals surface area contributed by atoms with Gasteiger partial charge in [-0.15, -0.1) is 0 Å². The molecule has 3 rings (SSSR count). The third-order valence-electron chi connectivity index (χ3n) is 6.02. The zero-order valence-electron chi connectivity index (χ0n) is 17.7. The van der Waals surface area contributed by atoms with Gasteiger partial charge in [-0.25, -0.2) is 4.79 Å². The lowest BCUT2D eigenvalue weighted by Crippen LogP contribution is -2.51. The van der Waals surface area contributed by atoms with Crippen LogP contribution in [0.25, 0.3) is 5.57 Å². The van der Waals surface area contributed by atoms with Gasteiger partial charge < -0.3 is 15.0 Å². The van der Waals surface area contributed by atoms with Crippen molar-refractivity contribution in [1.82, 2.24) is 15.1 Å². The average Bonchev–Trinajstić information content (AvgIpc) is 2.69. The van der Waals surface area contributed by atoms with E-state index in [-0.39, 0.29) is 6.03 Å². The zero-order chi connectivity index (χ0) is 20.1. The highest BCUT2D eigenvalue weighted by atomic mass is 16.5. The molecule has 1 aromatic rings. The summed E-state index contributed by atoms with van der Waals surface area (Å²) in [4.78, 5) is 17.3. The van der Waals surface area contributed by atoms with E-state index in [9.17, 15) is 4.79 Å². The van der Waals surface area contributed by atoms with Gasteiger partial charge in [-0.2, -0.15) is 0 Å². The van der Waals surface area contributed by atoms with Crippen molar-refractivity contribution < 1.29 is 9.53 Å². The average molecular weight is 386 g/mol. The summed E-state index contributed by atoms with van der Waals surface area (Å²) >= 11 is 0. The van der Waals surface area contributed by atoms with Crippen LogP contribution in [0.5, 0.6) is 0 Å². The van der Waals surface area contributed by atoms with E-state index in [0.717, 1.165) is 75.5 Å². The quantitative estimate of drug-likeness (QED) is 0.840. The smallest absolute Gasteiger partial charge is 0.318 e. The van der Waals surface area contributed by atoms with Crippen LogP contribution in [-0.2, 0) is 10.3 Å². The topological polar surface area (TPSA) is 44.8 Å². The maximum atomic E-state index is 12.9. The normalized spacial score (nSPS) is 19.5. The van der Waals surface area contributed by atoms with Gasteiger partial charge in [0.2, 0.25) is 0 Å². The van der Waals surface area contributed by atoms with Gasteiger partial charge in [0.15, 0.2) is 0 Å². The zero-order valence-corrected chi connectivity index (χ0v) is 17.7. The number of amides is 2. The number of nitrogens with zero attached hydrogens (tertiary/aromatic N) is 2. The van der Waals surface area contributed by atoms with Crippen molar-refractivity contribution >= 4 is 11.6 Å². The third kappa shape index (κ3) is 5.36. The van der Waals surface area contributed by atoms with Gasteiger partial charge in [0.25, 0.3) is 0 Å². The lowest BCUT2D eigenvalue weighted by Gasteiger charge is -2.37. The highest BCUT2D eigenvalue weighted by Crippen LogP contribution is 2.25. The monoisotopic (exact) mass is 385 g/mol. The Morgan fingerprint density at radius 3 is 2.54 bits per heavy atom. The molecule has 0 saturated carbocycles. The highest BCUT2D eigenvalue weighted by Gasteiger charge is 2.29. The Bertz CT molecular complexity index is 687. The second kappa shape index (κ2) is 9.10. The molecule has 1 N–H and O–H groups in total. The Balaban J connectivity index is 1.52. The van der Waals surface area contributed by atoms with Crippen molar-refractivity contribution in [2.75, 3.05) is 45.9 Å². The summed E-state index contributed by atoms with van der Waals surface area (Å²) in [6, 6.07) is 8.32. The molecule has 2 amide bonds. The van der Waals surface area contributed by atoms with E-state index in [0.29, 0.717) is 5.92 Å². The fourth-order valence-corrected chi connectivity index (χ4v) is 4.06. The molecule has 0 radical (unpaired) electrons. The third-order valence-corrected chi connectivity index (χ3v) is 6.02. The van der Waals surface area contributed by atoms with Crippen LogP contribution < -0.4 is 5.32 Å². The van der Waals surface area contributed by atoms with E-state index < -0.39 is 5.54 Å². The summed E-state index contributed by atoms with van der Waals surface area (Å²) in [5.74, 6) is 0.683. The minimum atomic E-state index is -0.423. The maximum Gasteiger partial charge on any atom is 0.318 e. The first-order chi connectivity index (χ1) is 13.3. The van der Waals surface area contributed by atoms with Gasteiger partial charge in [-0.3, -0.25) is 4.90 Å². The summed E-state index contributed by atoms with van der Waals surface area (Å²) in [6.07, 6.45) is 2.16. The van der Waals surface area contributed by atoms with E-state index in [1.54, 1.807) is 0 Å². The lowest BCUT2D eigenvalue weighted by atomic mass is 9.91. The molecular weight excluding hydrogens is 350 g/mol. The number of benzene rings is 1. The van der Waals surface area contributed by atoms with E-state index >= 15 is 0 Å². The number of likely N-dealkylation sites (tertiary alicyclic amines) is 1. The fourth-order valence-electron chi connectivity index (χ4n) is 4.06. The van der Waals surface area contributed by atoms with Crippen LogP contribution in [0.2, 0.25) is 0 Å². The van der Waals surface area contributed by atoms with Crippen LogP contribution in [0, 0.1) is 5.92 Å². The van der Waals surface area contributed by atoms with E-state index in [2.05, 4.69) is 48.8 Å². The Morgan fingerprint density at radius 2 is 1.89 bits per heavy atom. The first-order valence-electron chi connectivity index (χ1n) is 10.5. The van der Waals surface area contributed by atoms with Gasteiger partial charge in [0.05, 0.1) is 18.8 Å². The second-order valence-corrected chi connectivity index (χ2v) is 8.76. The predicted octanol–water partition coefficient (Wildman–Crippen LogP) is 3.71. The van der Waals surface area contributed by atoms with Crippen molar-refractivity contribution in [1.29, 1.82) is 0 Å². The number of hydrogen-bond donors (Lipinski definition) is 1. The molecule has 0 spiro atoms. The number of nitrogens with one attached hydrogen (secondary N) is 1. The van der Waals surface area contributed by atoms with Crippen LogP contribution >= 0.6 is 0 Å². The standard InChI is InChI=1S/C23H35N3O2/c1-18(2)20-6-5-7-21(16-20)23(3,4)24-22(27)26-10-8-19(9-11-26)17-25-12-14-28-15-13-25/h5-7,16,19H,1,8-15,17H2,2-4H3,(H,24,27). The summed E-state index contributed by atoms with van der Waals surface area (Å²) in [6.45, 7) is 16.7.